The molecule has 1 unspecified atom stereocenters. The zero-order valence-electron chi connectivity index (χ0n) is 9.24. The Morgan fingerprint density at radius 3 is 2.00 bits per heavy atom. The minimum Gasteiger partial charge on any atom is -0.328 e. The molecule has 0 aliphatic rings. The number of rotatable bonds is 4. The van der Waals surface area contributed by atoms with E-state index in [0.29, 0.717) is 6.04 Å². The van der Waals surface area contributed by atoms with Crippen LogP contribution in [0.25, 0.3) is 0 Å². The average Bonchev–Trinajstić information content (AvgIpc) is 1.80. The Bertz CT molecular complexity index is 173. The monoisotopic (exact) mass is 245 g/mol. The molecule has 0 bridgehead atoms. The second-order valence-electron chi connectivity index (χ2n) is 3.45. The van der Waals surface area contributed by atoms with Crippen molar-refractivity contribution < 1.29 is 14.0 Å². The predicted octanol–water partition coefficient (Wildman–Crippen LogP) is 2.19. The molecule has 0 saturated carbocycles. The highest BCUT2D eigenvalue weighted by Crippen LogP contribution is 2.42. The van der Waals surface area contributed by atoms with E-state index in [1.54, 1.807) is 13.8 Å². The van der Waals surface area contributed by atoms with Gasteiger partial charge in [-0.2, -0.15) is 0 Å². The van der Waals surface area contributed by atoms with Crippen LogP contribution in [0.15, 0.2) is 0 Å². The lowest BCUT2D eigenvalue weighted by molar-refractivity contribution is 0.205. The molecule has 0 aliphatic heterocycles. The lowest BCUT2D eigenvalue weighted by Gasteiger charge is -2.12. The van der Waals surface area contributed by atoms with Crippen LogP contribution < -0.4 is 5.73 Å². The zero-order valence-corrected chi connectivity index (χ0v) is 10.9. The lowest BCUT2D eigenvalue weighted by atomic mass is 10.5. The molecule has 1 atom stereocenters. The van der Waals surface area contributed by atoms with Crippen LogP contribution in [0, 0.1) is 0 Å². The summed E-state index contributed by atoms with van der Waals surface area (Å²) in [4.78, 5) is 8.93. The van der Waals surface area contributed by atoms with Gasteiger partial charge in [0.2, 0.25) is 0 Å². The van der Waals surface area contributed by atoms with Crippen LogP contribution in [0.2, 0.25) is 0 Å². The van der Waals surface area contributed by atoms with Crippen molar-refractivity contribution in [2.45, 2.75) is 39.8 Å². The van der Waals surface area contributed by atoms with E-state index in [-0.39, 0.29) is 18.1 Å². The molecule has 0 spiro atoms. The molecule has 0 aliphatic carbocycles. The summed E-state index contributed by atoms with van der Waals surface area (Å²) in [5, 5.41) is 0. The summed E-state index contributed by atoms with van der Waals surface area (Å²) in [5.41, 5.74) is 5.11. The molecule has 0 heterocycles. The van der Waals surface area contributed by atoms with E-state index in [2.05, 4.69) is 0 Å². The Hall–Kier alpha value is 0.400. The van der Waals surface area contributed by atoms with Crippen molar-refractivity contribution in [3.8, 4) is 0 Å². The van der Waals surface area contributed by atoms with Gasteiger partial charge < -0.3 is 15.2 Å². The fraction of sp³-hybridized carbons (Fsp3) is 1.00. The first-order chi connectivity index (χ1) is 6.21. The van der Waals surface area contributed by atoms with Crippen LogP contribution in [0.4, 0.5) is 0 Å². The van der Waals surface area contributed by atoms with Gasteiger partial charge in [0.1, 0.15) is 0 Å². The van der Waals surface area contributed by atoms with E-state index in [9.17, 15) is 4.57 Å². The Kier molecular flexibility index (Phi) is 10.4. The van der Waals surface area contributed by atoms with Gasteiger partial charge in [-0.1, -0.05) is 13.8 Å². The quantitative estimate of drug-likeness (QED) is 0.588. The molecule has 14 heavy (non-hydrogen) atoms. The summed E-state index contributed by atoms with van der Waals surface area (Å²) in [6.45, 7) is 7.30. The van der Waals surface area contributed by atoms with Crippen molar-refractivity contribution in [1.29, 1.82) is 0 Å². The summed E-state index contributed by atoms with van der Waals surface area (Å²) >= 11 is 5.26. The van der Waals surface area contributed by atoms with Gasteiger partial charge in [0.15, 0.2) is 0 Å². The normalized spacial score (nSPS) is 14.9. The summed E-state index contributed by atoms with van der Waals surface area (Å²) in [6.07, 6.45) is -0.203. The molecule has 0 aromatic heterocycles. The largest absolute Gasteiger partial charge is 0.329 e. The molecular weight excluding hydrogens is 225 g/mol. The van der Waals surface area contributed by atoms with E-state index in [0.717, 1.165) is 0 Å². The van der Waals surface area contributed by atoms with Crippen molar-refractivity contribution in [3.05, 3.63) is 0 Å². The highest BCUT2D eigenvalue weighted by atomic mass is 35.5. The Labute approximate surface area is 91.3 Å². The molecule has 0 aromatic carbocycles. The first kappa shape index (κ1) is 16.8. The second-order valence-corrected chi connectivity index (χ2v) is 5.76. The molecule has 4 nitrogen and oxygen atoms in total. The molecule has 3 N–H and O–H groups in total. The number of alkyl halides is 1. The van der Waals surface area contributed by atoms with Crippen molar-refractivity contribution >= 4 is 19.2 Å². The number of hydrogen-bond acceptors (Lipinski definition) is 3. The molecule has 88 valence electrons. The molecule has 0 rings (SSSR count). The average molecular weight is 246 g/mol. The van der Waals surface area contributed by atoms with Gasteiger partial charge in [0, 0.05) is 5.88 Å². The minimum absolute atomic E-state index is 0.0206. The second kappa shape index (κ2) is 8.69. The highest BCUT2D eigenvalue weighted by Gasteiger charge is 2.19. The Balaban J connectivity index is 0. The van der Waals surface area contributed by atoms with E-state index >= 15 is 0 Å². The summed E-state index contributed by atoms with van der Waals surface area (Å²) in [6, 6.07) is 0.333. The minimum atomic E-state index is -3.38. The van der Waals surface area contributed by atoms with Crippen molar-refractivity contribution in [2.24, 2.45) is 5.73 Å². The van der Waals surface area contributed by atoms with Gasteiger partial charge in [-0.25, -0.2) is 0 Å². The van der Waals surface area contributed by atoms with Crippen LogP contribution >= 0.6 is 19.2 Å². The van der Waals surface area contributed by atoms with E-state index < -0.39 is 7.60 Å². The molecule has 0 radical (unpaired) electrons. The van der Waals surface area contributed by atoms with Crippen LogP contribution in [0.5, 0.6) is 0 Å². The number of hydrogen-bond donors (Lipinski definition) is 2. The Morgan fingerprint density at radius 2 is 1.79 bits per heavy atom. The lowest BCUT2D eigenvalue weighted by Crippen LogP contribution is -2.06. The SMILES string of the molecule is CC(C)N.CC(C)OP(=O)(O)CCCl. The van der Waals surface area contributed by atoms with Gasteiger partial charge in [0.25, 0.3) is 0 Å². The smallest absolute Gasteiger partial charge is 0.328 e. The summed E-state index contributed by atoms with van der Waals surface area (Å²) in [5.74, 6) is 0.153. The van der Waals surface area contributed by atoms with Crippen LogP contribution in [0.3, 0.4) is 0 Å². The molecule has 0 saturated heterocycles. The van der Waals surface area contributed by atoms with Gasteiger partial charge in [-0.3, -0.25) is 4.57 Å². The maximum Gasteiger partial charge on any atom is 0.329 e. The first-order valence-electron chi connectivity index (χ1n) is 4.53. The third-order valence-electron chi connectivity index (χ3n) is 0.743. The van der Waals surface area contributed by atoms with Crippen molar-refractivity contribution in [3.63, 3.8) is 0 Å². The fourth-order valence-electron chi connectivity index (χ4n) is 0.489. The molecule has 6 heteroatoms. The predicted molar refractivity (Wildman–Crippen MR) is 61.0 cm³/mol. The topological polar surface area (TPSA) is 72.5 Å². The molecule has 0 amide bonds. The van der Waals surface area contributed by atoms with Crippen LogP contribution in [0.1, 0.15) is 27.7 Å². The maximum absolute atomic E-state index is 10.9. The summed E-state index contributed by atoms with van der Waals surface area (Å²) < 4.78 is 15.6. The first-order valence-corrected chi connectivity index (χ1v) is 6.82. The molecular formula is C8H21ClNO3P. The van der Waals surface area contributed by atoms with Gasteiger partial charge >= 0.3 is 7.60 Å². The van der Waals surface area contributed by atoms with Gasteiger partial charge in [-0.05, 0) is 19.9 Å². The zero-order chi connectivity index (χ0) is 11.8. The highest BCUT2D eigenvalue weighted by molar-refractivity contribution is 7.52. The standard InChI is InChI=1S/C5H12ClO3P.C3H9N/c1-5(2)9-10(7,8)4-3-6;1-3(2)4/h5H,3-4H2,1-2H3,(H,7,8);3H,4H2,1-2H3. The fourth-order valence-corrected chi connectivity index (χ4v) is 2.11. The van der Waals surface area contributed by atoms with Crippen LogP contribution in [-0.2, 0) is 9.09 Å². The number of halogens is 1. The van der Waals surface area contributed by atoms with E-state index in [1.165, 1.54) is 0 Å². The maximum atomic E-state index is 10.9. The van der Waals surface area contributed by atoms with Gasteiger partial charge in [-0.15, -0.1) is 11.6 Å². The summed E-state index contributed by atoms with van der Waals surface area (Å²) in [7, 11) is -3.38. The Morgan fingerprint density at radius 1 is 1.43 bits per heavy atom. The van der Waals surface area contributed by atoms with E-state index in [1.807, 2.05) is 13.8 Å². The third-order valence-corrected chi connectivity index (χ3v) is 2.73. The van der Waals surface area contributed by atoms with Crippen molar-refractivity contribution in [2.75, 3.05) is 12.0 Å². The molecule has 0 aromatic rings. The third kappa shape index (κ3) is 18.2. The van der Waals surface area contributed by atoms with E-state index in [4.69, 9.17) is 26.8 Å². The number of nitrogens with two attached hydrogens (primary N) is 1. The molecule has 0 fully saturated rings. The van der Waals surface area contributed by atoms with Gasteiger partial charge in [0.05, 0.1) is 12.3 Å². The van der Waals surface area contributed by atoms with Crippen molar-refractivity contribution in [1.82, 2.24) is 0 Å². The van der Waals surface area contributed by atoms with Crippen LogP contribution in [-0.4, -0.2) is 29.1 Å².